The molecule has 3 aromatic rings. The Hall–Kier alpha value is -2.70. The first-order valence-corrected chi connectivity index (χ1v) is 11.3. The smallest absolute Gasteiger partial charge is 0.261 e. The van der Waals surface area contributed by atoms with Gasteiger partial charge in [-0.15, -0.1) is 0 Å². The van der Waals surface area contributed by atoms with Gasteiger partial charge in [0.15, 0.2) is 5.11 Å². The monoisotopic (exact) mass is 496 g/mol. The number of hydrogen-bond acceptors (Lipinski definition) is 3. The lowest BCUT2D eigenvalue weighted by Gasteiger charge is -2.16. The van der Waals surface area contributed by atoms with E-state index >= 15 is 0 Å². The van der Waals surface area contributed by atoms with Crippen molar-refractivity contribution in [3.63, 3.8) is 0 Å². The molecule has 4 nitrogen and oxygen atoms in total. The Morgan fingerprint density at radius 1 is 1.03 bits per heavy atom. The van der Waals surface area contributed by atoms with E-state index in [1.165, 1.54) is 5.56 Å². The molecule has 3 rings (SSSR count). The second-order valence-corrected chi connectivity index (χ2v) is 8.70. The molecule has 6 heteroatoms. The van der Waals surface area contributed by atoms with Crippen molar-refractivity contribution in [2.24, 2.45) is 0 Å². The van der Waals surface area contributed by atoms with Gasteiger partial charge in [-0.05, 0) is 53.5 Å². The van der Waals surface area contributed by atoms with Gasteiger partial charge in [0.25, 0.3) is 5.91 Å². The van der Waals surface area contributed by atoms with Crippen LogP contribution < -0.4 is 15.4 Å². The molecule has 1 amide bonds. The summed E-state index contributed by atoms with van der Waals surface area (Å²) in [4.78, 5) is 12.9. The fraction of sp³-hybridized carbons (Fsp3) is 0.200. The minimum atomic E-state index is -0.324. The molecule has 0 radical (unpaired) electrons. The third-order valence-electron chi connectivity index (χ3n) is 4.74. The lowest BCUT2D eigenvalue weighted by molar-refractivity contribution is 0.0973. The first-order valence-electron chi connectivity index (χ1n) is 10.1. The quantitative estimate of drug-likeness (QED) is 0.375. The van der Waals surface area contributed by atoms with E-state index in [0.717, 1.165) is 22.1 Å². The summed E-state index contributed by atoms with van der Waals surface area (Å²) in [6.45, 7) is 4.70. The number of rotatable bonds is 7. The maximum Gasteiger partial charge on any atom is 0.261 e. The molecule has 0 atom stereocenters. The molecule has 0 bridgehead atoms. The summed E-state index contributed by atoms with van der Waals surface area (Å²) in [5, 5.41) is 6.15. The van der Waals surface area contributed by atoms with Gasteiger partial charge < -0.3 is 10.1 Å². The Morgan fingerprint density at radius 3 is 2.48 bits per heavy atom. The molecular formula is C25H25BrN2O2S. The van der Waals surface area contributed by atoms with Gasteiger partial charge in [0.05, 0.1) is 12.2 Å². The first-order chi connectivity index (χ1) is 14.9. The molecule has 0 spiro atoms. The highest BCUT2D eigenvalue weighted by atomic mass is 79.9. The lowest BCUT2D eigenvalue weighted by Crippen LogP contribution is -2.34. The minimum absolute atomic E-state index is 0.244. The van der Waals surface area contributed by atoms with Crippen molar-refractivity contribution < 1.29 is 9.53 Å². The third-order valence-corrected chi connectivity index (χ3v) is 5.43. The van der Waals surface area contributed by atoms with E-state index < -0.39 is 0 Å². The van der Waals surface area contributed by atoms with Crippen LogP contribution >= 0.6 is 28.1 Å². The van der Waals surface area contributed by atoms with E-state index in [9.17, 15) is 4.79 Å². The van der Waals surface area contributed by atoms with Crippen molar-refractivity contribution in [1.82, 2.24) is 5.32 Å². The topological polar surface area (TPSA) is 50.4 Å². The molecule has 31 heavy (non-hydrogen) atoms. The molecule has 0 aliphatic carbocycles. The molecule has 160 valence electrons. The molecule has 0 saturated heterocycles. The zero-order chi connectivity index (χ0) is 22.2. The number of amides is 1. The predicted molar refractivity (Wildman–Crippen MR) is 134 cm³/mol. The molecule has 2 N–H and O–H groups in total. The van der Waals surface area contributed by atoms with E-state index in [1.807, 2.05) is 48.5 Å². The Kier molecular flexibility index (Phi) is 8.20. The van der Waals surface area contributed by atoms with Gasteiger partial charge in [0, 0.05) is 16.6 Å². The summed E-state index contributed by atoms with van der Waals surface area (Å²) in [6, 6.07) is 23.4. The second-order valence-electron chi connectivity index (χ2n) is 7.37. The maximum absolute atomic E-state index is 12.9. The van der Waals surface area contributed by atoms with Crippen LogP contribution in [-0.4, -0.2) is 17.6 Å². The Bertz CT molecular complexity index is 1050. The lowest BCUT2D eigenvalue weighted by atomic mass is 10.0. The highest BCUT2D eigenvalue weighted by Gasteiger charge is 2.16. The highest BCUT2D eigenvalue weighted by Crippen LogP contribution is 2.25. The molecule has 3 aromatic carbocycles. The van der Waals surface area contributed by atoms with Gasteiger partial charge in [-0.1, -0.05) is 78.3 Å². The fourth-order valence-corrected chi connectivity index (χ4v) is 3.73. The Balaban J connectivity index is 1.66. The van der Waals surface area contributed by atoms with Crippen LogP contribution in [-0.2, 0) is 6.42 Å². The van der Waals surface area contributed by atoms with Crippen molar-refractivity contribution in [1.29, 1.82) is 0 Å². The van der Waals surface area contributed by atoms with Crippen LogP contribution in [0.3, 0.4) is 0 Å². The van der Waals surface area contributed by atoms with Crippen LogP contribution in [0.15, 0.2) is 77.3 Å². The summed E-state index contributed by atoms with van der Waals surface area (Å²) in [5.74, 6) is 0.523. The number of benzene rings is 3. The van der Waals surface area contributed by atoms with Crippen LogP contribution in [0.25, 0.3) is 0 Å². The summed E-state index contributed by atoms with van der Waals surface area (Å²) < 4.78 is 6.71. The molecule has 0 aliphatic heterocycles. The van der Waals surface area contributed by atoms with E-state index in [1.54, 1.807) is 12.1 Å². The molecule has 0 heterocycles. The average molecular weight is 497 g/mol. The number of carbonyl (C=O) groups excluding carboxylic acids is 1. The minimum Gasteiger partial charge on any atom is -0.492 e. The Morgan fingerprint density at radius 2 is 1.74 bits per heavy atom. The summed E-state index contributed by atoms with van der Waals surface area (Å²) >= 11 is 8.82. The van der Waals surface area contributed by atoms with E-state index in [4.69, 9.17) is 17.0 Å². The molecule has 0 fully saturated rings. The molecular weight excluding hydrogens is 472 g/mol. The molecule has 0 aromatic heterocycles. The number of thiocarbonyl (C=S) groups is 1. The number of nitrogens with one attached hydrogen (secondary N) is 2. The fourth-order valence-electron chi connectivity index (χ4n) is 3.17. The molecule has 0 unspecified atom stereocenters. The first kappa shape index (κ1) is 23.0. The molecule has 0 saturated carbocycles. The van der Waals surface area contributed by atoms with E-state index in [2.05, 4.69) is 52.5 Å². The number of carbonyl (C=O) groups is 1. The standard InChI is InChI=1S/C25H25BrN2O2S/c1-17(2)20-10-6-7-11-22(20)27-25(31)28-24(29)21-16-19(26)12-13-23(21)30-15-14-18-8-4-3-5-9-18/h3-13,16-17H,14-15H2,1-2H3,(H2,27,28,29,31). The van der Waals surface area contributed by atoms with Gasteiger partial charge in [-0.3, -0.25) is 10.1 Å². The zero-order valence-corrected chi connectivity index (χ0v) is 19.9. The third kappa shape index (κ3) is 6.64. The van der Waals surface area contributed by atoms with Crippen LogP contribution in [0.4, 0.5) is 5.69 Å². The van der Waals surface area contributed by atoms with Crippen LogP contribution in [0.5, 0.6) is 5.75 Å². The van der Waals surface area contributed by atoms with Gasteiger partial charge in [0.1, 0.15) is 5.75 Å². The van der Waals surface area contributed by atoms with Gasteiger partial charge in [-0.2, -0.15) is 0 Å². The van der Waals surface area contributed by atoms with Crippen LogP contribution in [0, 0.1) is 0 Å². The van der Waals surface area contributed by atoms with E-state index in [0.29, 0.717) is 23.8 Å². The second kappa shape index (κ2) is 11.1. The number of hydrogen-bond donors (Lipinski definition) is 2. The summed E-state index contributed by atoms with van der Waals surface area (Å²) in [7, 11) is 0. The normalized spacial score (nSPS) is 10.6. The van der Waals surface area contributed by atoms with Crippen molar-refractivity contribution in [2.45, 2.75) is 26.2 Å². The van der Waals surface area contributed by atoms with Gasteiger partial charge >= 0.3 is 0 Å². The van der Waals surface area contributed by atoms with Crippen molar-refractivity contribution >= 4 is 44.9 Å². The largest absolute Gasteiger partial charge is 0.492 e. The van der Waals surface area contributed by atoms with Gasteiger partial charge in [-0.25, -0.2) is 0 Å². The average Bonchev–Trinajstić information content (AvgIpc) is 2.75. The SMILES string of the molecule is CC(C)c1ccccc1NC(=S)NC(=O)c1cc(Br)ccc1OCCc1ccccc1. The number of anilines is 1. The summed E-state index contributed by atoms with van der Waals surface area (Å²) in [5.41, 5.74) is 3.62. The number of para-hydroxylation sites is 1. The number of halogens is 1. The van der Waals surface area contributed by atoms with E-state index in [-0.39, 0.29) is 11.0 Å². The maximum atomic E-state index is 12.9. The van der Waals surface area contributed by atoms with Gasteiger partial charge in [0.2, 0.25) is 0 Å². The van der Waals surface area contributed by atoms with Crippen LogP contribution in [0.1, 0.15) is 41.3 Å². The van der Waals surface area contributed by atoms with Crippen molar-refractivity contribution in [3.8, 4) is 5.75 Å². The van der Waals surface area contributed by atoms with Crippen molar-refractivity contribution in [2.75, 3.05) is 11.9 Å². The molecule has 0 aliphatic rings. The number of ether oxygens (including phenoxy) is 1. The summed E-state index contributed by atoms with van der Waals surface area (Å²) in [6.07, 6.45) is 0.754. The van der Waals surface area contributed by atoms with Crippen molar-refractivity contribution in [3.05, 3.63) is 94.0 Å². The zero-order valence-electron chi connectivity index (χ0n) is 17.5. The predicted octanol–water partition coefficient (Wildman–Crippen LogP) is 6.32. The highest BCUT2D eigenvalue weighted by molar-refractivity contribution is 9.10. The van der Waals surface area contributed by atoms with Crippen LogP contribution in [0.2, 0.25) is 0 Å². The Labute approximate surface area is 197 Å².